The van der Waals surface area contributed by atoms with E-state index in [4.69, 9.17) is 0 Å². The van der Waals surface area contributed by atoms with Crippen LogP contribution >= 0.6 is 0 Å². The Kier molecular flexibility index (Phi) is 7.85. The van der Waals surface area contributed by atoms with Gasteiger partial charge >= 0.3 is 18.4 Å². The first kappa shape index (κ1) is 27.7. The third-order valence-corrected chi connectivity index (χ3v) is 6.82. The number of urea groups is 1. The maximum atomic E-state index is 14.6. The molecule has 4 nitrogen and oxygen atoms in total. The average Bonchev–Trinajstić information content (AvgIpc) is 3.36. The SMILES string of the molecule is O=C(NC1CCCC1)N[C@](CC1=CCCC=C1)(c1ccc(C(F)(F)F)nc1)c1cc(F)cc(C(F)(F)F)c1. The second-order valence-electron chi connectivity index (χ2n) is 9.58. The Morgan fingerprint density at radius 3 is 2.21 bits per heavy atom. The van der Waals surface area contributed by atoms with Crippen LogP contribution in [0.4, 0.5) is 35.5 Å². The quantitative estimate of drug-likeness (QED) is 0.374. The largest absolute Gasteiger partial charge is 0.433 e. The number of rotatable bonds is 6. The smallest absolute Gasteiger partial charge is 0.335 e. The molecule has 1 aromatic carbocycles. The highest BCUT2D eigenvalue weighted by molar-refractivity contribution is 5.76. The van der Waals surface area contributed by atoms with Crippen LogP contribution in [-0.2, 0) is 17.9 Å². The van der Waals surface area contributed by atoms with Gasteiger partial charge in [0, 0.05) is 24.2 Å². The number of hydrogen-bond acceptors (Lipinski definition) is 2. The molecule has 2 aliphatic carbocycles. The van der Waals surface area contributed by atoms with Crippen molar-refractivity contribution in [2.45, 2.75) is 68.9 Å². The number of nitrogens with zero attached hydrogens (tertiary/aromatic N) is 1. The zero-order chi connectivity index (χ0) is 27.6. The first-order chi connectivity index (χ1) is 17.9. The van der Waals surface area contributed by atoms with Crippen LogP contribution in [0.25, 0.3) is 0 Å². The van der Waals surface area contributed by atoms with Gasteiger partial charge in [0.15, 0.2) is 0 Å². The lowest BCUT2D eigenvalue weighted by molar-refractivity contribution is -0.141. The minimum atomic E-state index is -4.91. The number of allylic oxidation sites excluding steroid dienone is 3. The summed E-state index contributed by atoms with van der Waals surface area (Å²) >= 11 is 0. The van der Waals surface area contributed by atoms with Gasteiger partial charge in [-0.2, -0.15) is 26.3 Å². The van der Waals surface area contributed by atoms with E-state index >= 15 is 0 Å². The molecule has 1 heterocycles. The monoisotopic (exact) mass is 541 g/mol. The van der Waals surface area contributed by atoms with Gasteiger partial charge in [-0.15, -0.1) is 0 Å². The molecular formula is C27H26F7N3O. The highest BCUT2D eigenvalue weighted by atomic mass is 19.4. The van der Waals surface area contributed by atoms with Crippen LogP contribution in [0.3, 0.4) is 0 Å². The Labute approximate surface area is 215 Å². The van der Waals surface area contributed by atoms with Crippen LogP contribution in [0.2, 0.25) is 0 Å². The Morgan fingerprint density at radius 1 is 0.921 bits per heavy atom. The first-order valence-electron chi connectivity index (χ1n) is 12.2. The van der Waals surface area contributed by atoms with Gasteiger partial charge in [0.25, 0.3) is 0 Å². The van der Waals surface area contributed by atoms with Crippen molar-refractivity contribution in [3.8, 4) is 0 Å². The van der Waals surface area contributed by atoms with Crippen LogP contribution in [0.15, 0.2) is 60.3 Å². The Hall–Kier alpha value is -3.37. The molecule has 2 aliphatic rings. The molecular weight excluding hydrogens is 515 g/mol. The predicted octanol–water partition coefficient (Wildman–Crippen LogP) is 7.41. The van der Waals surface area contributed by atoms with E-state index in [0.29, 0.717) is 43.0 Å². The van der Waals surface area contributed by atoms with E-state index in [-0.39, 0.29) is 23.6 Å². The normalized spacial score (nSPS) is 18.1. The standard InChI is InChI=1S/C27H26F7N3O/c28-21-13-19(12-20(14-21)26(29,30)31)25(15-17-6-2-1-3-7-17,37-24(38)36-22-8-4-5-9-22)18-10-11-23(35-16-18)27(32,33)34/h2,6-7,10-14,16,22H,1,3-5,8-9,15H2,(H2,36,37,38)/t25-/m1/s1. The number of hydrogen-bond donors (Lipinski definition) is 2. The highest BCUT2D eigenvalue weighted by Gasteiger charge is 2.41. The molecule has 204 valence electrons. The predicted molar refractivity (Wildman–Crippen MR) is 126 cm³/mol. The second-order valence-corrected chi connectivity index (χ2v) is 9.58. The average molecular weight is 542 g/mol. The van der Waals surface area contributed by atoms with Crippen molar-refractivity contribution in [1.29, 1.82) is 0 Å². The van der Waals surface area contributed by atoms with E-state index in [9.17, 15) is 35.5 Å². The summed E-state index contributed by atoms with van der Waals surface area (Å²) in [5.74, 6) is -1.20. The number of pyridine rings is 1. The number of nitrogens with one attached hydrogen (secondary N) is 2. The van der Waals surface area contributed by atoms with Crippen molar-refractivity contribution >= 4 is 6.03 Å². The van der Waals surface area contributed by atoms with E-state index in [1.54, 1.807) is 6.08 Å². The topological polar surface area (TPSA) is 54.0 Å². The summed E-state index contributed by atoms with van der Waals surface area (Å²) in [5.41, 5.74) is -4.04. The van der Waals surface area contributed by atoms with Gasteiger partial charge in [-0.1, -0.05) is 37.1 Å². The third kappa shape index (κ3) is 6.36. The summed E-state index contributed by atoms with van der Waals surface area (Å²) < 4.78 is 95.5. The van der Waals surface area contributed by atoms with E-state index in [0.717, 1.165) is 37.6 Å². The van der Waals surface area contributed by atoms with Crippen LogP contribution in [0.5, 0.6) is 0 Å². The molecule has 2 aromatic rings. The molecule has 2 N–H and O–H groups in total. The molecule has 0 radical (unpaired) electrons. The maximum absolute atomic E-state index is 14.6. The Balaban J connectivity index is 1.89. The molecule has 0 unspecified atom stereocenters. The molecule has 11 heteroatoms. The fourth-order valence-electron chi connectivity index (χ4n) is 4.96. The summed E-state index contributed by atoms with van der Waals surface area (Å²) in [6.07, 6.45) is 1.04. The molecule has 0 bridgehead atoms. The fourth-order valence-corrected chi connectivity index (χ4v) is 4.96. The number of carbonyl (C=O) groups is 1. The zero-order valence-electron chi connectivity index (χ0n) is 20.2. The molecule has 4 rings (SSSR count). The number of carbonyl (C=O) groups excluding carboxylic acids is 1. The molecule has 1 fully saturated rings. The van der Waals surface area contributed by atoms with Crippen molar-refractivity contribution in [3.63, 3.8) is 0 Å². The van der Waals surface area contributed by atoms with Crippen LogP contribution in [0, 0.1) is 5.82 Å². The zero-order valence-corrected chi connectivity index (χ0v) is 20.2. The summed E-state index contributed by atoms with van der Waals surface area (Å²) in [7, 11) is 0. The molecule has 0 aliphatic heterocycles. The summed E-state index contributed by atoms with van der Waals surface area (Å²) in [4.78, 5) is 16.7. The lowest BCUT2D eigenvalue weighted by Gasteiger charge is -2.37. The molecule has 38 heavy (non-hydrogen) atoms. The Morgan fingerprint density at radius 2 is 1.63 bits per heavy atom. The number of aromatic nitrogens is 1. The van der Waals surface area contributed by atoms with Crippen molar-refractivity contribution < 1.29 is 35.5 Å². The number of amides is 2. The van der Waals surface area contributed by atoms with E-state index in [1.807, 2.05) is 12.2 Å². The van der Waals surface area contributed by atoms with Crippen molar-refractivity contribution in [2.24, 2.45) is 0 Å². The summed E-state index contributed by atoms with van der Waals surface area (Å²) in [6.45, 7) is 0. The van der Waals surface area contributed by atoms with E-state index in [2.05, 4.69) is 15.6 Å². The number of benzene rings is 1. The Bertz CT molecular complexity index is 1210. The number of alkyl halides is 6. The van der Waals surface area contributed by atoms with Gasteiger partial charge in [-0.05, 0) is 61.1 Å². The molecule has 1 atom stereocenters. The van der Waals surface area contributed by atoms with Gasteiger partial charge in [-0.25, -0.2) is 9.18 Å². The van der Waals surface area contributed by atoms with Crippen LogP contribution in [-0.4, -0.2) is 17.1 Å². The van der Waals surface area contributed by atoms with Gasteiger partial charge in [0.05, 0.1) is 11.1 Å². The number of halogens is 7. The van der Waals surface area contributed by atoms with Crippen LogP contribution in [0.1, 0.15) is 67.3 Å². The lowest BCUT2D eigenvalue weighted by atomic mass is 9.77. The highest BCUT2D eigenvalue weighted by Crippen LogP contribution is 2.41. The van der Waals surface area contributed by atoms with Crippen LogP contribution < -0.4 is 10.6 Å². The maximum Gasteiger partial charge on any atom is 0.433 e. The summed E-state index contributed by atoms with van der Waals surface area (Å²) in [5, 5.41) is 5.52. The molecule has 2 amide bonds. The minimum absolute atomic E-state index is 0.0225. The van der Waals surface area contributed by atoms with E-state index in [1.165, 1.54) is 0 Å². The van der Waals surface area contributed by atoms with Gasteiger partial charge in [0.1, 0.15) is 11.5 Å². The molecule has 1 saturated carbocycles. The van der Waals surface area contributed by atoms with E-state index < -0.39 is 41.0 Å². The molecule has 1 aromatic heterocycles. The van der Waals surface area contributed by atoms with Crippen molar-refractivity contribution in [1.82, 2.24) is 15.6 Å². The van der Waals surface area contributed by atoms with Crippen molar-refractivity contribution in [3.05, 3.63) is 88.5 Å². The minimum Gasteiger partial charge on any atom is -0.335 e. The third-order valence-electron chi connectivity index (χ3n) is 6.82. The van der Waals surface area contributed by atoms with Gasteiger partial charge < -0.3 is 10.6 Å². The second kappa shape index (κ2) is 10.8. The summed E-state index contributed by atoms with van der Waals surface area (Å²) in [6, 6.07) is 2.75. The first-order valence-corrected chi connectivity index (χ1v) is 12.2. The van der Waals surface area contributed by atoms with Gasteiger partial charge in [0.2, 0.25) is 0 Å². The molecule has 0 spiro atoms. The lowest BCUT2D eigenvalue weighted by Crippen LogP contribution is -2.53. The van der Waals surface area contributed by atoms with Crippen molar-refractivity contribution in [2.75, 3.05) is 0 Å². The molecule has 0 saturated heterocycles. The van der Waals surface area contributed by atoms with Gasteiger partial charge in [-0.3, -0.25) is 4.98 Å². The fraction of sp³-hybridized carbons (Fsp3) is 0.407.